The predicted molar refractivity (Wildman–Crippen MR) is 115 cm³/mol. The van der Waals surface area contributed by atoms with Gasteiger partial charge in [0.05, 0.1) is 12.8 Å². The van der Waals surface area contributed by atoms with Crippen molar-refractivity contribution in [3.8, 4) is 0 Å². The molecule has 0 atom stereocenters. The van der Waals surface area contributed by atoms with Gasteiger partial charge in [-0.1, -0.05) is 56.0 Å². The molecule has 1 aromatic heterocycles. The van der Waals surface area contributed by atoms with Crippen LogP contribution in [0.5, 0.6) is 0 Å². The Balaban J connectivity index is 1.40. The molecule has 2 amide bonds. The summed E-state index contributed by atoms with van der Waals surface area (Å²) in [6.07, 6.45) is 10.3. The fraction of sp³-hybridized carbons (Fsp3) is 0.520. The van der Waals surface area contributed by atoms with E-state index in [-0.39, 0.29) is 24.4 Å². The van der Waals surface area contributed by atoms with E-state index in [2.05, 4.69) is 0 Å². The molecule has 2 aromatic rings. The van der Waals surface area contributed by atoms with Crippen LogP contribution in [-0.2, 0) is 22.7 Å². The molecule has 0 aliphatic heterocycles. The molecule has 0 radical (unpaired) electrons. The van der Waals surface area contributed by atoms with E-state index in [0.29, 0.717) is 25.4 Å². The number of carbonyl (C=O) groups is 2. The summed E-state index contributed by atoms with van der Waals surface area (Å²) in [6.45, 7) is 1.09. The predicted octanol–water partition coefficient (Wildman–Crippen LogP) is 4.77. The van der Waals surface area contributed by atoms with Crippen LogP contribution in [0.3, 0.4) is 0 Å². The maximum Gasteiger partial charge on any atom is 0.242 e. The highest BCUT2D eigenvalue weighted by atomic mass is 16.3. The van der Waals surface area contributed by atoms with Gasteiger partial charge in [-0.15, -0.1) is 0 Å². The fourth-order valence-corrected chi connectivity index (χ4v) is 4.45. The Kier molecular flexibility index (Phi) is 6.88. The van der Waals surface area contributed by atoms with Crippen LogP contribution in [0, 0.1) is 5.92 Å². The third kappa shape index (κ3) is 5.74. The quantitative estimate of drug-likeness (QED) is 0.569. The van der Waals surface area contributed by atoms with E-state index in [1.54, 1.807) is 11.2 Å². The molecule has 0 spiro atoms. The van der Waals surface area contributed by atoms with E-state index in [4.69, 9.17) is 4.42 Å². The summed E-state index contributed by atoms with van der Waals surface area (Å²) < 4.78 is 5.49. The summed E-state index contributed by atoms with van der Waals surface area (Å²) in [7, 11) is 0. The van der Waals surface area contributed by atoms with Gasteiger partial charge in [-0.25, -0.2) is 0 Å². The monoisotopic (exact) mass is 408 g/mol. The van der Waals surface area contributed by atoms with Gasteiger partial charge >= 0.3 is 0 Å². The Labute approximate surface area is 179 Å². The summed E-state index contributed by atoms with van der Waals surface area (Å²) in [5, 5.41) is 0. The Morgan fingerprint density at radius 3 is 2.33 bits per heavy atom. The molecule has 2 aliphatic rings. The van der Waals surface area contributed by atoms with Crippen molar-refractivity contribution in [1.29, 1.82) is 0 Å². The van der Waals surface area contributed by atoms with Crippen LogP contribution in [-0.4, -0.2) is 34.2 Å². The number of carbonyl (C=O) groups excluding carboxylic acids is 2. The van der Waals surface area contributed by atoms with Gasteiger partial charge in [-0.3, -0.25) is 9.59 Å². The summed E-state index contributed by atoms with van der Waals surface area (Å²) in [6, 6.07) is 13.9. The van der Waals surface area contributed by atoms with Crippen molar-refractivity contribution >= 4 is 11.8 Å². The molecule has 0 unspecified atom stereocenters. The zero-order valence-corrected chi connectivity index (χ0v) is 17.7. The first-order valence-corrected chi connectivity index (χ1v) is 11.3. The number of rotatable bonds is 10. The molecule has 30 heavy (non-hydrogen) atoms. The molecule has 160 valence electrons. The number of hydrogen-bond acceptors (Lipinski definition) is 3. The van der Waals surface area contributed by atoms with Crippen molar-refractivity contribution in [3.63, 3.8) is 0 Å². The van der Waals surface area contributed by atoms with Gasteiger partial charge in [0, 0.05) is 19.0 Å². The van der Waals surface area contributed by atoms with Gasteiger partial charge in [0.2, 0.25) is 11.8 Å². The molecule has 1 heterocycles. The lowest BCUT2D eigenvalue weighted by Gasteiger charge is -2.28. The van der Waals surface area contributed by atoms with Crippen LogP contribution in [0.4, 0.5) is 0 Å². The average Bonchev–Trinajstić information content (AvgIpc) is 3.23. The SMILES string of the molecule is O=C(CN(C(=O)CCC1CCCC1)C1CC1)N(Cc1ccccc1)Cc1ccco1. The molecule has 4 rings (SSSR count). The maximum absolute atomic E-state index is 13.3. The van der Waals surface area contributed by atoms with E-state index in [1.807, 2.05) is 47.4 Å². The summed E-state index contributed by atoms with van der Waals surface area (Å²) >= 11 is 0. The van der Waals surface area contributed by atoms with Gasteiger partial charge in [-0.05, 0) is 42.9 Å². The minimum Gasteiger partial charge on any atom is -0.467 e. The largest absolute Gasteiger partial charge is 0.467 e. The molecular formula is C25H32N2O3. The highest BCUT2D eigenvalue weighted by Crippen LogP contribution is 2.31. The Hall–Kier alpha value is -2.56. The molecule has 1 aromatic carbocycles. The van der Waals surface area contributed by atoms with Crippen molar-refractivity contribution in [1.82, 2.24) is 9.80 Å². The van der Waals surface area contributed by atoms with E-state index in [9.17, 15) is 9.59 Å². The van der Waals surface area contributed by atoms with Crippen LogP contribution >= 0.6 is 0 Å². The number of nitrogens with zero attached hydrogens (tertiary/aromatic N) is 2. The molecule has 5 nitrogen and oxygen atoms in total. The van der Waals surface area contributed by atoms with E-state index in [0.717, 1.165) is 30.6 Å². The Bertz CT molecular complexity index is 808. The van der Waals surface area contributed by atoms with Crippen molar-refractivity contribution in [3.05, 3.63) is 60.1 Å². The molecule has 5 heteroatoms. The third-order valence-electron chi connectivity index (χ3n) is 6.35. The fourth-order valence-electron chi connectivity index (χ4n) is 4.45. The average molecular weight is 409 g/mol. The number of benzene rings is 1. The second-order valence-electron chi connectivity index (χ2n) is 8.76. The zero-order valence-electron chi connectivity index (χ0n) is 17.7. The van der Waals surface area contributed by atoms with Crippen molar-refractivity contribution < 1.29 is 14.0 Å². The van der Waals surface area contributed by atoms with Crippen LogP contribution in [0.1, 0.15) is 62.7 Å². The second-order valence-corrected chi connectivity index (χ2v) is 8.76. The normalized spacial score (nSPS) is 16.5. The van der Waals surface area contributed by atoms with Crippen LogP contribution in [0.15, 0.2) is 53.1 Å². The first-order valence-electron chi connectivity index (χ1n) is 11.3. The van der Waals surface area contributed by atoms with Crippen molar-refractivity contribution in [2.24, 2.45) is 5.92 Å². The van der Waals surface area contributed by atoms with E-state index >= 15 is 0 Å². The third-order valence-corrected chi connectivity index (χ3v) is 6.35. The minimum absolute atomic E-state index is 0.0173. The highest BCUT2D eigenvalue weighted by Gasteiger charge is 2.35. The number of amides is 2. The van der Waals surface area contributed by atoms with Crippen LogP contribution in [0.2, 0.25) is 0 Å². The molecule has 0 saturated heterocycles. The van der Waals surface area contributed by atoms with Gasteiger partial charge in [0.1, 0.15) is 12.3 Å². The Morgan fingerprint density at radius 1 is 0.900 bits per heavy atom. The van der Waals surface area contributed by atoms with Gasteiger partial charge in [0.25, 0.3) is 0 Å². The van der Waals surface area contributed by atoms with Crippen LogP contribution < -0.4 is 0 Å². The molecule has 2 aliphatic carbocycles. The van der Waals surface area contributed by atoms with Gasteiger partial charge in [0.15, 0.2) is 0 Å². The second kappa shape index (κ2) is 9.96. The van der Waals surface area contributed by atoms with Gasteiger partial charge < -0.3 is 14.2 Å². The lowest BCUT2D eigenvalue weighted by atomic mass is 10.0. The van der Waals surface area contributed by atoms with E-state index in [1.165, 1.54) is 25.7 Å². The number of hydrogen-bond donors (Lipinski definition) is 0. The number of furan rings is 1. The van der Waals surface area contributed by atoms with Crippen LogP contribution in [0.25, 0.3) is 0 Å². The maximum atomic E-state index is 13.3. The first kappa shape index (κ1) is 20.7. The first-order chi connectivity index (χ1) is 14.7. The molecule has 0 N–H and O–H groups in total. The van der Waals surface area contributed by atoms with Crippen molar-refractivity contribution in [2.45, 2.75) is 70.5 Å². The zero-order chi connectivity index (χ0) is 20.8. The summed E-state index contributed by atoms with van der Waals surface area (Å²) in [4.78, 5) is 29.9. The smallest absolute Gasteiger partial charge is 0.242 e. The molecule has 2 fully saturated rings. The molecule has 2 saturated carbocycles. The summed E-state index contributed by atoms with van der Waals surface area (Å²) in [5.74, 6) is 1.58. The standard InChI is InChI=1S/C25H32N2O3/c28-24(15-12-20-7-4-5-8-20)27(22-13-14-22)19-25(29)26(18-23-11-6-16-30-23)17-21-9-2-1-3-10-21/h1-3,6,9-11,16,20,22H,4-5,7-8,12-15,17-19H2. The van der Waals surface area contributed by atoms with Crippen molar-refractivity contribution in [2.75, 3.05) is 6.54 Å². The molecule has 0 bridgehead atoms. The van der Waals surface area contributed by atoms with Gasteiger partial charge in [-0.2, -0.15) is 0 Å². The van der Waals surface area contributed by atoms with E-state index < -0.39 is 0 Å². The lowest BCUT2D eigenvalue weighted by Crippen LogP contribution is -2.43. The summed E-state index contributed by atoms with van der Waals surface area (Å²) in [5.41, 5.74) is 1.07. The Morgan fingerprint density at radius 2 is 1.67 bits per heavy atom. The minimum atomic E-state index is -0.0173. The lowest BCUT2D eigenvalue weighted by molar-refractivity contribution is -0.142. The topological polar surface area (TPSA) is 53.8 Å². The molecular weight excluding hydrogens is 376 g/mol. The highest BCUT2D eigenvalue weighted by molar-refractivity contribution is 5.85.